The van der Waals surface area contributed by atoms with Gasteiger partial charge in [0.15, 0.2) is 18.5 Å². The van der Waals surface area contributed by atoms with Crippen molar-refractivity contribution >= 4 is 34.9 Å². The fourth-order valence-corrected chi connectivity index (χ4v) is 2.45. The Morgan fingerprint density at radius 1 is 1.15 bits per heavy atom. The van der Waals surface area contributed by atoms with Crippen LogP contribution in [0.3, 0.4) is 0 Å². The minimum Gasteiger partial charge on any atom is -0.480 e. The van der Waals surface area contributed by atoms with Crippen LogP contribution >= 0.6 is 11.6 Å². The SMILES string of the molecule is CC(=O)c1ccccc1NC(=O)[C@H](C)OC(=O)COc1cc(C)ccc1Cl. The minimum absolute atomic E-state index is 0.181. The van der Waals surface area contributed by atoms with E-state index in [9.17, 15) is 14.4 Å². The number of carbonyl (C=O) groups excluding carboxylic acids is 3. The Kier molecular flexibility index (Phi) is 6.96. The number of aryl methyl sites for hydroxylation is 1. The third-order valence-corrected chi connectivity index (χ3v) is 3.99. The molecule has 2 aromatic rings. The van der Waals surface area contributed by atoms with E-state index in [0.717, 1.165) is 5.56 Å². The van der Waals surface area contributed by atoms with Gasteiger partial charge in [-0.15, -0.1) is 0 Å². The lowest BCUT2D eigenvalue weighted by Crippen LogP contribution is -2.32. The van der Waals surface area contributed by atoms with Crippen LogP contribution in [0.2, 0.25) is 5.02 Å². The van der Waals surface area contributed by atoms with Crippen LogP contribution in [0.5, 0.6) is 5.75 Å². The van der Waals surface area contributed by atoms with Gasteiger partial charge in [0.1, 0.15) is 5.75 Å². The van der Waals surface area contributed by atoms with Crippen LogP contribution in [0.4, 0.5) is 5.69 Å². The standard InChI is InChI=1S/C20H20ClNO5/c1-12-8-9-16(21)18(10-12)26-11-19(24)27-14(3)20(25)22-17-7-5-4-6-15(17)13(2)23/h4-10,14H,11H2,1-3H3,(H,22,25)/t14-/m0/s1. The molecule has 0 spiro atoms. The molecule has 0 aliphatic heterocycles. The number of carbonyl (C=O) groups is 3. The maximum atomic E-state index is 12.2. The van der Waals surface area contributed by atoms with Crippen LogP contribution < -0.4 is 10.1 Å². The Bertz CT molecular complexity index is 865. The second-order valence-electron chi connectivity index (χ2n) is 5.95. The number of amides is 1. The number of para-hydroxylation sites is 1. The molecule has 6 nitrogen and oxygen atoms in total. The number of halogens is 1. The highest BCUT2D eigenvalue weighted by atomic mass is 35.5. The molecule has 0 bridgehead atoms. The monoisotopic (exact) mass is 389 g/mol. The van der Waals surface area contributed by atoms with Crippen LogP contribution in [-0.4, -0.2) is 30.4 Å². The molecule has 0 fully saturated rings. The number of ether oxygens (including phenoxy) is 2. The molecule has 0 saturated carbocycles. The lowest BCUT2D eigenvalue weighted by molar-refractivity contribution is -0.155. The average Bonchev–Trinajstić information content (AvgIpc) is 2.62. The van der Waals surface area contributed by atoms with Crippen LogP contribution in [0.15, 0.2) is 42.5 Å². The summed E-state index contributed by atoms with van der Waals surface area (Å²) in [5, 5.41) is 2.96. The maximum absolute atomic E-state index is 12.2. The summed E-state index contributed by atoms with van der Waals surface area (Å²) in [6.45, 7) is 4.32. The highest BCUT2D eigenvalue weighted by molar-refractivity contribution is 6.32. The van der Waals surface area contributed by atoms with Crippen molar-refractivity contribution in [3.63, 3.8) is 0 Å². The summed E-state index contributed by atoms with van der Waals surface area (Å²) in [5.41, 5.74) is 1.67. The highest BCUT2D eigenvalue weighted by Crippen LogP contribution is 2.25. The molecule has 0 aromatic heterocycles. The van der Waals surface area contributed by atoms with Gasteiger partial charge in [-0.05, 0) is 50.6 Å². The van der Waals surface area contributed by atoms with Crippen molar-refractivity contribution < 1.29 is 23.9 Å². The first-order valence-corrected chi connectivity index (χ1v) is 8.65. The van der Waals surface area contributed by atoms with Crippen molar-refractivity contribution in [2.75, 3.05) is 11.9 Å². The second-order valence-corrected chi connectivity index (χ2v) is 6.35. The van der Waals surface area contributed by atoms with Crippen molar-refractivity contribution in [2.45, 2.75) is 26.9 Å². The Balaban J connectivity index is 1.91. The van der Waals surface area contributed by atoms with Gasteiger partial charge >= 0.3 is 5.97 Å². The normalized spacial score (nSPS) is 11.4. The fourth-order valence-electron chi connectivity index (χ4n) is 2.28. The Morgan fingerprint density at radius 2 is 1.85 bits per heavy atom. The number of hydrogen-bond donors (Lipinski definition) is 1. The lowest BCUT2D eigenvalue weighted by Gasteiger charge is -2.15. The van der Waals surface area contributed by atoms with Crippen molar-refractivity contribution in [3.8, 4) is 5.75 Å². The molecule has 1 N–H and O–H groups in total. The molecule has 0 heterocycles. The summed E-state index contributed by atoms with van der Waals surface area (Å²) in [5.74, 6) is -1.08. The highest BCUT2D eigenvalue weighted by Gasteiger charge is 2.20. The predicted molar refractivity (Wildman–Crippen MR) is 102 cm³/mol. The molecule has 0 aliphatic rings. The van der Waals surface area contributed by atoms with E-state index in [4.69, 9.17) is 21.1 Å². The van der Waals surface area contributed by atoms with E-state index in [1.807, 2.05) is 13.0 Å². The number of hydrogen-bond acceptors (Lipinski definition) is 5. The molecule has 2 rings (SSSR count). The molecule has 7 heteroatoms. The first-order chi connectivity index (χ1) is 12.8. The molecule has 0 saturated heterocycles. The number of Topliss-reactive ketones (excluding diaryl/α,β-unsaturated/α-hetero) is 1. The molecular formula is C20H20ClNO5. The van der Waals surface area contributed by atoms with Gasteiger partial charge in [0.2, 0.25) is 0 Å². The zero-order chi connectivity index (χ0) is 20.0. The molecule has 1 amide bonds. The molecule has 0 radical (unpaired) electrons. The first kappa shape index (κ1) is 20.5. The topological polar surface area (TPSA) is 81.7 Å². The lowest BCUT2D eigenvalue weighted by atomic mass is 10.1. The fraction of sp³-hybridized carbons (Fsp3) is 0.250. The number of esters is 1. The third-order valence-electron chi connectivity index (χ3n) is 3.67. The van der Waals surface area contributed by atoms with Crippen LogP contribution in [0, 0.1) is 6.92 Å². The summed E-state index contributed by atoms with van der Waals surface area (Å²) in [6, 6.07) is 11.8. The van der Waals surface area contributed by atoms with Gasteiger partial charge in [0.05, 0.1) is 10.7 Å². The van der Waals surface area contributed by atoms with Gasteiger partial charge in [0, 0.05) is 5.56 Å². The summed E-state index contributed by atoms with van der Waals surface area (Å²) in [4.78, 5) is 35.8. The Labute approximate surface area is 162 Å². The van der Waals surface area contributed by atoms with E-state index in [-0.39, 0.29) is 12.4 Å². The van der Waals surface area contributed by atoms with E-state index in [1.54, 1.807) is 36.4 Å². The first-order valence-electron chi connectivity index (χ1n) is 8.27. The Morgan fingerprint density at radius 3 is 2.56 bits per heavy atom. The van der Waals surface area contributed by atoms with Crippen molar-refractivity contribution in [3.05, 3.63) is 58.6 Å². The Hall–Kier alpha value is -2.86. The average molecular weight is 390 g/mol. The van der Waals surface area contributed by atoms with Gasteiger partial charge in [0.25, 0.3) is 5.91 Å². The van der Waals surface area contributed by atoms with Gasteiger partial charge in [-0.25, -0.2) is 4.79 Å². The largest absolute Gasteiger partial charge is 0.480 e. The zero-order valence-corrected chi connectivity index (χ0v) is 16.0. The zero-order valence-electron chi connectivity index (χ0n) is 15.2. The molecule has 0 aliphatic carbocycles. The smallest absolute Gasteiger partial charge is 0.344 e. The van der Waals surface area contributed by atoms with E-state index in [0.29, 0.717) is 22.0 Å². The molecule has 0 unspecified atom stereocenters. The van der Waals surface area contributed by atoms with E-state index in [1.165, 1.54) is 13.8 Å². The molecule has 27 heavy (non-hydrogen) atoms. The summed E-state index contributed by atoms with van der Waals surface area (Å²) in [7, 11) is 0. The van der Waals surface area contributed by atoms with E-state index in [2.05, 4.69) is 5.32 Å². The van der Waals surface area contributed by atoms with Crippen molar-refractivity contribution in [1.82, 2.24) is 0 Å². The van der Waals surface area contributed by atoms with Gasteiger partial charge in [-0.2, -0.15) is 0 Å². The maximum Gasteiger partial charge on any atom is 0.344 e. The van der Waals surface area contributed by atoms with Crippen LogP contribution in [0.25, 0.3) is 0 Å². The summed E-state index contributed by atoms with van der Waals surface area (Å²) < 4.78 is 10.4. The summed E-state index contributed by atoms with van der Waals surface area (Å²) >= 11 is 6.00. The molecule has 2 aromatic carbocycles. The van der Waals surface area contributed by atoms with Gasteiger partial charge in [-0.3, -0.25) is 9.59 Å². The van der Waals surface area contributed by atoms with Crippen LogP contribution in [0.1, 0.15) is 29.8 Å². The predicted octanol–water partition coefficient (Wildman–Crippen LogP) is 3.80. The van der Waals surface area contributed by atoms with Gasteiger partial charge in [-0.1, -0.05) is 29.8 Å². The minimum atomic E-state index is -1.06. The number of rotatable bonds is 7. The molecular weight excluding hydrogens is 370 g/mol. The second kappa shape index (κ2) is 9.19. The van der Waals surface area contributed by atoms with E-state index < -0.39 is 18.0 Å². The number of anilines is 1. The molecule has 1 atom stereocenters. The van der Waals surface area contributed by atoms with Crippen molar-refractivity contribution in [2.24, 2.45) is 0 Å². The van der Waals surface area contributed by atoms with E-state index >= 15 is 0 Å². The summed E-state index contributed by atoms with van der Waals surface area (Å²) in [6.07, 6.45) is -1.06. The third kappa shape index (κ3) is 5.82. The van der Waals surface area contributed by atoms with Gasteiger partial charge < -0.3 is 14.8 Å². The number of benzene rings is 2. The quantitative estimate of drug-likeness (QED) is 0.575. The molecule has 142 valence electrons. The van der Waals surface area contributed by atoms with Crippen LogP contribution in [-0.2, 0) is 14.3 Å². The number of ketones is 1. The number of nitrogens with one attached hydrogen (secondary N) is 1. The van der Waals surface area contributed by atoms with Crippen molar-refractivity contribution in [1.29, 1.82) is 0 Å².